The standard InChI is InChI=1S/C15H18INO/c16-13-3-5-14(6-4-13)17-15(18)9-12-8-10-1-2-11(12)7-10/h3-6,10-12H,1-2,7-9H2,(H,17,18)/t10-,11-,12+/m0/s1. The fourth-order valence-corrected chi connectivity index (χ4v) is 3.97. The maximum absolute atomic E-state index is 12.0. The van der Waals surface area contributed by atoms with Crippen molar-refractivity contribution < 1.29 is 4.79 Å². The molecular formula is C15H18INO. The Morgan fingerprint density at radius 3 is 2.61 bits per heavy atom. The summed E-state index contributed by atoms with van der Waals surface area (Å²) in [6, 6.07) is 7.99. The number of hydrogen-bond donors (Lipinski definition) is 1. The number of carbonyl (C=O) groups is 1. The first-order valence-electron chi connectivity index (χ1n) is 6.76. The zero-order valence-electron chi connectivity index (χ0n) is 10.4. The molecular weight excluding hydrogens is 337 g/mol. The fourth-order valence-electron chi connectivity index (χ4n) is 3.61. The molecule has 2 aliphatic rings. The number of nitrogens with one attached hydrogen (secondary N) is 1. The van der Waals surface area contributed by atoms with Crippen LogP contribution < -0.4 is 5.32 Å². The Morgan fingerprint density at radius 2 is 2.00 bits per heavy atom. The van der Waals surface area contributed by atoms with Crippen LogP contribution in [0.5, 0.6) is 0 Å². The van der Waals surface area contributed by atoms with Crippen molar-refractivity contribution in [1.29, 1.82) is 0 Å². The molecule has 2 bridgehead atoms. The molecule has 2 nitrogen and oxygen atoms in total. The Labute approximate surface area is 122 Å². The average molecular weight is 355 g/mol. The van der Waals surface area contributed by atoms with Gasteiger partial charge in [0.1, 0.15) is 0 Å². The molecule has 3 heteroatoms. The molecule has 3 atom stereocenters. The smallest absolute Gasteiger partial charge is 0.224 e. The van der Waals surface area contributed by atoms with Crippen molar-refractivity contribution in [1.82, 2.24) is 0 Å². The second kappa shape index (κ2) is 5.19. The summed E-state index contributed by atoms with van der Waals surface area (Å²) in [6.45, 7) is 0. The Bertz CT molecular complexity index is 442. The van der Waals surface area contributed by atoms with E-state index in [1.54, 1.807) is 0 Å². The molecule has 0 saturated heterocycles. The molecule has 2 aliphatic carbocycles. The predicted molar refractivity (Wildman–Crippen MR) is 81.3 cm³/mol. The van der Waals surface area contributed by atoms with Gasteiger partial charge in [-0.15, -0.1) is 0 Å². The lowest BCUT2D eigenvalue weighted by atomic mass is 9.86. The minimum atomic E-state index is 0.189. The summed E-state index contributed by atoms with van der Waals surface area (Å²) in [6.07, 6.45) is 6.13. The number of carbonyl (C=O) groups excluding carboxylic acids is 1. The molecule has 0 radical (unpaired) electrons. The van der Waals surface area contributed by atoms with E-state index in [1.165, 1.54) is 29.3 Å². The molecule has 0 aromatic heterocycles. The molecule has 96 valence electrons. The summed E-state index contributed by atoms with van der Waals surface area (Å²) in [5.74, 6) is 2.59. The lowest BCUT2D eigenvalue weighted by molar-refractivity contribution is -0.117. The molecule has 0 heterocycles. The van der Waals surface area contributed by atoms with E-state index in [-0.39, 0.29) is 5.91 Å². The first-order chi connectivity index (χ1) is 8.70. The van der Waals surface area contributed by atoms with Gasteiger partial charge in [-0.05, 0) is 83.9 Å². The van der Waals surface area contributed by atoms with Crippen molar-refractivity contribution >= 4 is 34.2 Å². The molecule has 1 amide bonds. The number of amides is 1. The highest BCUT2D eigenvalue weighted by Gasteiger charge is 2.40. The van der Waals surface area contributed by atoms with E-state index in [0.717, 1.165) is 17.5 Å². The van der Waals surface area contributed by atoms with Crippen molar-refractivity contribution in [3.05, 3.63) is 27.8 Å². The van der Waals surface area contributed by atoms with Crippen LogP contribution in [0.25, 0.3) is 0 Å². The molecule has 3 rings (SSSR count). The van der Waals surface area contributed by atoms with Crippen molar-refractivity contribution in [2.24, 2.45) is 17.8 Å². The Kier molecular flexibility index (Phi) is 3.59. The molecule has 2 saturated carbocycles. The van der Waals surface area contributed by atoms with Crippen molar-refractivity contribution in [2.45, 2.75) is 32.1 Å². The molecule has 0 unspecified atom stereocenters. The van der Waals surface area contributed by atoms with Gasteiger partial charge in [0, 0.05) is 15.7 Å². The van der Waals surface area contributed by atoms with Gasteiger partial charge in [0.25, 0.3) is 0 Å². The van der Waals surface area contributed by atoms with Crippen LogP contribution in [0.2, 0.25) is 0 Å². The van der Waals surface area contributed by atoms with E-state index < -0.39 is 0 Å². The third kappa shape index (κ3) is 2.71. The predicted octanol–water partition coefficient (Wildman–Crippen LogP) is 4.06. The van der Waals surface area contributed by atoms with Crippen LogP contribution in [0.15, 0.2) is 24.3 Å². The van der Waals surface area contributed by atoms with Gasteiger partial charge in [-0.25, -0.2) is 0 Å². The number of benzene rings is 1. The van der Waals surface area contributed by atoms with Crippen LogP contribution in [0.1, 0.15) is 32.1 Å². The summed E-state index contributed by atoms with van der Waals surface area (Å²) in [5, 5.41) is 3.01. The highest BCUT2D eigenvalue weighted by Crippen LogP contribution is 2.49. The van der Waals surface area contributed by atoms with Crippen molar-refractivity contribution in [3.8, 4) is 0 Å². The van der Waals surface area contributed by atoms with E-state index in [4.69, 9.17) is 0 Å². The number of hydrogen-bond acceptors (Lipinski definition) is 1. The molecule has 0 spiro atoms. The van der Waals surface area contributed by atoms with E-state index >= 15 is 0 Å². The van der Waals surface area contributed by atoms with Crippen molar-refractivity contribution in [3.63, 3.8) is 0 Å². The zero-order chi connectivity index (χ0) is 12.5. The van der Waals surface area contributed by atoms with Crippen LogP contribution >= 0.6 is 22.6 Å². The Hall–Kier alpha value is -0.580. The second-order valence-electron chi connectivity index (χ2n) is 5.69. The van der Waals surface area contributed by atoms with E-state index in [0.29, 0.717) is 12.3 Å². The summed E-state index contributed by atoms with van der Waals surface area (Å²) >= 11 is 2.27. The van der Waals surface area contributed by atoms with Crippen LogP contribution in [0.3, 0.4) is 0 Å². The van der Waals surface area contributed by atoms with Crippen LogP contribution in [0, 0.1) is 21.3 Å². The minimum absolute atomic E-state index is 0.189. The first-order valence-corrected chi connectivity index (χ1v) is 7.84. The topological polar surface area (TPSA) is 29.1 Å². The highest BCUT2D eigenvalue weighted by atomic mass is 127. The van der Waals surface area contributed by atoms with Gasteiger partial charge < -0.3 is 5.32 Å². The van der Waals surface area contributed by atoms with E-state index in [9.17, 15) is 4.79 Å². The molecule has 1 aromatic carbocycles. The molecule has 0 aliphatic heterocycles. The van der Waals surface area contributed by atoms with Gasteiger partial charge in [0.05, 0.1) is 0 Å². The maximum atomic E-state index is 12.0. The zero-order valence-corrected chi connectivity index (χ0v) is 12.5. The van der Waals surface area contributed by atoms with Gasteiger partial charge in [0.15, 0.2) is 0 Å². The average Bonchev–Trinajstić information content (AvgIpc) is 2.94. The normalized spacial score (nSPS) is 29.5. The summed E-state index contributed by atoms with van der Waals surface area (Å²) in [4.78, 5) is 12.0. The van der Waals surface area contributed by atoms with Crippen molar-refractivity contribution in [2.75, 3.05) is 5.32 Å². The largest absolute Gasteiger partial charge is 0.326 e. The Morgan fingerprint density at radius 1 is 1.22 bits per heavy atom. The summed E-state index contributed by atoms with van der Waals surface area (Å²) < 4.78 is 1.19. The fraction of sp³-hybridized carbons (Fsp3) is 0.533. The summed E-state index contributed by atoms with van der Waals surface area (Å²) in [5.41, 5.74) is 0.920. The highest BCUT2D eigenvalue weighted by molar-refractivity contribution is 14.1. The van der Waals surface area contributed by atoms with Gasteiger partial charge in [-0.3, -0.25) is 4.79 Å². The minimum Gasteiger partial charge on any atom is -0.326 e. The molecule has 18 heavy (non-hydrogen) atoms. The number of anilines is 1. The monoisotopic (exact) mass is 355 g/mol. The van der Waals surface area contributed by atoms with E-state index in [2.05, 4.69) is 27.9 Å². The van der Waals surface area contributed by atoms with Gasteiger partial charge in [0.2, 0.25) is 5.91 Å². The first kappa shape index (κ1) is 12.5. The van der Waals surface area contributed by atoms with Gasteiger partial charge in [-0.2, -0.15) is 0 Å². The maximum Gasteiger partial charge on any atom is 0.224 e. The molecule has 2 fully saturated rings. The third-order valence-corrected chi connectivity index (χ3v) is 5.18. The van der Waals surface area contributed by atoms with E-state index in [1.807, 2.05) is 24.3 Å². The number of fused-ring (bicyclic) bond motifs is 2. The van der Waals surface area contributed by atoms with Gasteiger partial charge in [-0.1, -0.05) is 6.42 Å². The Balaban J connectivity index is 1.54. The van der Waals surface area contributed by atoms with Crippen LogP contribution in [0.4, 0.5) is 5.69 Å². The number of rotatable bonds is 3. The number of halogens is 1. The quantitative estimate of drug-likeness (QED) is 0.815. The molecule has 1 aromatic rings. The van der Waals surface area contributed by atoms with Crippen LogP contribution in [-0.4, -0.2) is 5.91 Å². The SMILES string of the molecule is O=C(C[C@H]1C[C@H]2CC[C@H]1C2)Nc1ccc(I)cc1. The van der Waals surface area contributed by atoms with Gasteiger partial charge >= 0.3 is 0 Å². The lowest BCUT2D eigenvalue weighted by Crippen LogP contribution is -2.20. The lowest BCUT2D eigenvalue weighted by Gasteiger charge is -2.20. The van der Waals surface area contributed by atoms with Crippen LogP contribution in [-0.2, 0) is 4.79 Å². The second-order valence-corrected chi connectivity index (χ2v) is 6.94. The molecule has 1 N–H and O–H groups in total. The third-order valence-electron chi connectivity index (χ3n) is 4.46. The summed E-state index contributed by atoms with van der Waals surface area (Å²) in [7, 11) is 0.